The van der Waals surface area contributed by atoms with Crippen LogP contribution in [0.25, 0.3) is 0 Å². The molecule has 0 saturated carbocycles. The SMILES string of the molecule is CCNC(=NCc1ccc(NC(=O)c2ccco2)cc1)NCCOc1ccccc1.I. The number of hydrogen-bond acceptors (Lipinski definition) is 4. The van der Waals surface area contributed by atoms with Crippen LogP contribution >= 0.6 is 24.0 Å². The number of rotatable bonds is 9. The first-order valence-corrected chi connectivity index (χ1v) is 9.88. The minimum Gasteiger partial charge on any atom is -0.492 e. The predicted octanol–water partition coefficient (Wildman–Crippen LogP) is 4.28. The van der Waals surface area contributed by atoms with Crippen molar-refractivity contribution in [3.63, 3.8) is 0 Å². The number of carbonyl (C=O) groups is 1. The van der Waals surface area contributed by atoms with Gasteiger partial charge < -0.3 is 25.1 Å². The van der Waals surface area contributed by atoms with E-state index < -0.39 is 0 Å². The molecule has 0 fully saturated rings. The monoisotopic (exact) mass is 534 g/mol. The molecule has 0 aliphatic carbocycles. The predicted molar refractivity (Wildman–Crippen MR) is 133 cm³/mol. The van der Waals surface area contributed by atoms with E-state index in [-0.39, 0.29) is 35.6 Å². The van der Waals surface area contributed by atoms with Crippen LogP contribution in [0.15, 0.2) is 82.4 Å². The summed E-state index contributed by atoms with van der Waals surface area (Å²) in [6, 6.07) is 20.6. The van der Waals surface area contributed by atoms with Crippen molar-refractivity contribution in [2.45, 2.75) is 13.5 Å². The van der Waals surface area contributed by atoms with Gasteiger partial charge in [-0.2, -0.15) is 0 Å². The average molecular weight is 534 g/mol. The third-order valence-corrected chi connectivity index (χ3v) is 4.13. The van der Waals surface area contributed by atoms with E-state index in [4.69, 9.17) is 9.15 Å². The van der Waals surface area contributed by atoms with Crippen LogP contribution in [0.2, 0.25) is 0 Å². The summed E-state index contributed by atoms with van der Waals surface area (Å²) < 4.78 is 10.8. The third kappa shape index (κ3) is 8.33. The first kappa shape index (κ1) is 24.3. The lowest BCUT2D eigenvalue weighted by atomic mass is 10.2. The summed E-state index contributed by atoms with van der Waals surface area (Å²) in [5.74, 6) is 1.58. The van der Waals surface area contributed by atoms with E-state index in [9.17, 15) is 4.79 Å². The number of nitrogens with zero attached hydrogens (tertiary/aromatic N) is 1. The van der Waals surface area contributed by atoms with E-state index in [1.807, 2.05) is 61.5 Å². The molecular weight excluding hydrogens is 507 g/mol. The molecule has 0 radical (unpaired) electrons. The molecule has 0 aliphatic heterocycles. The summed E-state index contributed by atoms with van der Waals surface area (Å²) >= 11 is 0. The maximum absolute atomic E-state index is 12.0. The molecule has 0 aliphatic rings. The normalized spacial score (nSPS) is 10.7. The van der Waals surface area contributed by atoms with Gasteiger partial charge in [0.1, 0.15) is 12.4 Å². The van der Waals surface area contributed by atoms with Crippen molar-refractivity contribution < 1.29 is 13.9 Å². The van der Waals surface area contributed by atoms with Crippen molar-refractivity contribution >= 4 is 41.5 Å². The van der Waals surface area contributed by atoms with Crippen LogP contribution < -0.4 is 20.7 Å². The molecule has 1 heterocycles. The molecule has 3 rings (SSSR count). The summed E-state index contributed by atoms with van der Waals surface area (Å²) in [5, 5.41) is 9.28. The molecule has 2 aromatic carbocycles. The van der Waals surface area contributed by atoms with Gasteiger partial charge in [0.15, 0.2) is 11.7 Å². The van der Waals surface area contributed by atoms with Crippen LogP contribution in [0.4, 0.5) is 5.69 Å². The van der Waals surface area contributed by atoms with Gasteiger partial charge in [-0.05, 0) is 48.9 Å². The Morgan fingerprint density at radius 1 is 1.00 bits per heavy atom. The van der Waals surface area contributed by atoms with Gasteiger partial charge in [0.2, 0.25) is 0 Å². The lowest BCUT2D eigenvalue weighted by Crippen LogP contribution is -2.39. The molecule has 3 aromatic rings. The highest BCUT2D eigenvalue weighted by Crippen LogP contribution is 2.12. The van der Waals surface area contributed by atoms with Crippen molar-refractivity contribution in [3.05, 3.63) is 84.3 Å². The number of para-hydroxylation sites is 1. The van der Waals surface area contributed by atoms with Crippen molar-refractivity contribution in [3.8, 4) is 5.75 Å². The summed E-state index contributed by atoms with van der Waals surface area (Å²) in [6.07, 6.45) is 1.47. The van der Waals surface area contributed by atoms with Crippen LogP contribution in [0.5, 0.6) is 5.75 Å². The Bertz CT molecular complexity index is 929. The number of carbonyl (C=O) groups excluding carboxylic acids is 1. The second-order valence-electron chi connectivity index (χ2n) is 6.41. The van der Waals surface area contributed by atoms with E-state index in [1.54, 1.807) is 12.1 Å². The lowest BCUT2D eigenvalue weighted by Gasteiger charge is -2.12. The number of nitrogens with one attached hydrogen (secondary N) is 3. The Morgan fingerprint density at radius 2 is 1.77 bits per heavy atom. The number of ether oxygens (including phenoxy) is 1. The second-order valence-corrected chi connectivity index (χ2v) is 6.41. The number of amides is 1. The highest BCUT2D eigenvalue weighted by atomic mass is 127. The number of aliphatic imine (C=N–C) groups is 1. The number of furan rings is 1. The minimum absolute atomic E-state index is 0. The first-order valence-electron chi connectivity index (χ1n) is 9.88. The van der Waals surface area contributed by atoms with Crippen molar-refractivity contribution in [1.82, 2.24) is 10.6 Å². The molecule has 0 spiro atoms. The smallest absolute Gasteiger partial charge is 0.291 e. The van der Waals surface area contributed by atoms with Gasteiger partial charge in [-0.1, -0.05) is 30.3 Å². The van der Waals surface area contributed by atoms with Crippen LogP contribution in [-0.4, -0.2) is 31.6 Å². The van der Waals surface area contributed by atoms with E-state index in [0.29, 0.717) is 25.4 Å². The van der Waals surface area contributed by atoms with Crippen molar-refractivity contribution in [1.29, 1.82) is 0 Å². The molecule has 7 nitrogen and oxygen atoms in total. The number of anilines is 1. The topological polar surface area (TPSA) is 87.9 Å². The van der Waals surface area contributed by atoms with Crippen LogP contribution in [0.3, 0.4) is 0 Å². The molecule has 0 saturated heterocycles. The number of guanidine groups is 1. The van der Waals surface area contributed by atoms with Crippen molar-refractivity contribution in [2.24, 2.45) is 4.99 Å². The number of benzene rings is 2. The lowest BCUT2D eigenvalue weighted by molar-refractivity contribution is 0.0996. The molecule has 0 atom stereocenters. The molecule has 0 bridgehead atoms. The summed E-state index contributed by atoms with van der Waals surface area (Å²) in [5.41, 5.74) is 1.73. The molecule has 31 heavy (non-hydrogen) atoms. The van der Waals surface area contributed by atoms with Crippen LogP contribution in [-0.2, 0) is 6.54 Å². The molecule has 1 aromatic heterocycles. The minimum atomic E-state index is -0.276. The molecule has 1 amide bonds. The third-order valence-electron chi connectivity index (χ3n) is 4.13. The maximum atomic E-state index is 12.0. The van der Waals surface area contributed by atoms with Gasteiger partial charge >= 0.3 is 0 Å². The van der Waals surface area contributed by atoms with Gasteiger partial charge in [0.25, 0.3) is 5.91 Å². The van der Waals surface area contributed by atoms with Gasteiger partial charge in [-0.15, -0.1) is 24.0 Å². The van der Waals surface area contributed by atoms with Gasteiger partial charge in [0.05, 0.1) is 19.4 Å². The summed E-state index contributed by atoms with van der Waals surface area (Å²) in [7, 11) is 0. The van der Waals surface area contributed by atoms with Gasteiger partial charge in [-0.3, -0.25) is 4.79 Å². The largest absolute Gasteiger partial charge is 0.492 e. The molecule has 0 unspecified atom stereocenters. The molecular formula is C23H27IN4O3. The van der Waals surface area contributed by atoms with Gasteiger partial charge in [-0.25, -0.2) is 4.99 Å². The van der Waals surface area contributed by atoms with E-state index >= 15 is 0 Å². The van der Waals surface area contributed by atoms with Gasteiger partial charge in [0, 0.05) is 12.2 Å². The Morgan fingerprint density at radius 3 is 2.45 bits per heavy atom. The Balaban J connectivity index is 0.00000341. The standard InChI is InChI=1S/C23H26N4O3.HI/c1-2-24-23(25-14-16-29-20-7-4-3-5-8-20)26-17-18-10-12-19(13-11-18)27-22(28)21-9-6-15-30-21;/h3-13,15H,2,14,16-17H2,1H3,(H,27,28)(H2,24,25,26);1H. The summed E-state index contributed by atoms with van der Waals surface area (Å²) in [6.45, 7) is 4.48. The Kier molecular flexibility index (Phi) is 10.4. The first-order chi connectivity index (χ1) is 14.7. The zero-order chi connectivity index (χ0) is 21.0. The fourth-order valence-electron chi connectivity index (χ4n) is 2.66. The highest BCUT2D eigenvalue weighted by molar-refractivity contribution is 14.0. The molecule has 164 valence electrons. The van der Waals surface area contributed by atoms with Crippen LogP contribution in [0.1, 0.15) is 23.0 Å². The van der Waals surface area contributed by atoms with E-state index in [2.05, 4.69) is 20.9 Å². The quantitative estimate of drug-likeness (QED) is 0.165. The zero-order valence-electron chi connectivity index (χ0n) is 17.3. The molecule has 3 N–H and O–H groups in total. The molecule has 8 heteroatoms. The fourth-order valence-corrected chi connectivity index (χ4v) is 2.66. The Labute approximate surface area is 199 Å². The Hall–Kier alpha value is -3.01. The highest BCUT2D eigenvalue weighted by Gasteiger charge is 2.08. The van der Waals surface area contributed by atoms with E-state index in [0.717, 1.165) is 23.8 Å². The number of halogens is 1. The second kappa shape index (κ2) is 13.3. The summed E-state index contributed by atoms with van der Waals surface area (Å²) in [4.78, 5) is 16.6. The number of hydrogen-bond donors (Lipinski definition) is 3. The average Bonchev–Trinajstić information content (AvgIpc) is 3.32. The van der Waals surface area contributed by atoms with E-state index in [1.165, 1.54) is 6.26 Å². The van der Waals surface area contributed by atoms with Crippen LogP contribution in [0, 0.1) is 0 Å². The zero-order valence-corrected chi connectivity index (χ0v) is 19.7. The van der Waals surface area contributed by atoms with Crippen molar-refractivity contribution in [2.75, 3.05) is 25.0 Å². The maximum Gasteiger partial charge on any atom is 0.291 e. The fraction of sp³-hybridized carbons (Fsp3) is 0.217.